The van der Waals surface area contributed by atoms with Gasteiger partial charge < -0.3 is 11.1 Å². The normalized spacial score (nSPS) is 10.3. The van der Waals surface area contributed by atoms with Crippen LogP contribution in [0.2, 0.25) is 5.02 Å². The minimum Gasteiger partial charge on any atom is -0.381 e. The molecule has 0 fully saturated rings. The van der Waals surface area contributed by atoms with Gasteiger partial charge in [-0.25, -0.2) is 0 Å². The molecule has 3 N–H and O–H groups in total. The molecule has 2 aromatic carbocycles. The van der Waals surface area contributed by atoms with Gasteiger partial charge in [0.05, 0.1) is 10.6 Å². The van der Waals surface area contributed by atoms with Crippen molar-refractivity contribution < 1.29 is 4.79 Å². The van der Waals surface area contributed by atoms with E-state index in [1.807, 2.05) is 6.92 Å². The summed E-state index contributed by atoms with van der Waals surface area (Å²) in [7, 11) is 0. The molecule has 0 aliphatic heterocycles. The molecule has 0 saturated carbocycles. The lowest BCUT2D eigenvalue weighted by Crippen LogP contribution is -2.11. The van der Waals surface area contributed by atoms with E-state index in [-0.39, 0.29) is 0 Å². The van der Waals surface area contributed by atoms with Crippen LogP contribution in [-0.4, -0.2) is 5.91 Å². The first-order chi connectivity index (χ1) is 9.47. The van der Waals surface area contributed by atoms with Crippen LogP contribution in [-0.2, 0) is 6.54 Å². The van der Waals surface area contributed by atoms with Gasteiger partial charge in [0, 0.05) is 16.7 Å². The van der Waals surface area contributed by atoms with Gasteiger partial charge in [-0.05, 0) is 42.3 Å². The van der Waals surface area contributed by atoms with E-state index >= 15 is 0 Å². The summed E-state index contributed by atoms with van der Waals surface area (Å²) in [6.07, 6.45) is 0. The molecule has 5 heteroatoms. The maximum absolute atomic E-state index is 11.1. The van der Waals surface area contributed by atoms with E-state index < -0.39 is 5.91 Å². The van der Waals surface area contributed by atoms with E-state index in [0.717, 1.165) is 15.7 Å². The highest BCUT2D eigenvalue weighted by Crippen LogP contribution is 2.23. The molecule has 0 saturated heterocycles. The van der Waals surface area contributed by atoms with Gasteiger partial charge in [-0.2, -0.15) is 0 Å². The number of nitrogens with one attached hydrogen (secondary N) is 1. The maximum atomic E-state index is 11.1. The lowest BCUT2D eigenvalue weighted by atomic mass is 10.1. The van der Waals surface area contributed by atoms with Crippen molar-refractivity contribution in [2.45, 2.75) is 13.5 Å². The smallest absolute Gasteiger partial charge is 0.250 e. The number of amides is 1. The average molecular weight is 354 g/mol. The molecule has 0 spiro atoms. The molecule has 20 heavy (non-hydrogen) atoms. The molecule has 0 radical (unpaired) electrons. The van der Waals surface area contributed by atoms with Gasteiger partial charge in [-0.3, -0.25) is 4.79 Å². The predicted molar refractivity (Wildman–Crippen MR) is 86.2 cm³/mol. The average Bonchev–Trinajstić information content (AvgIpc) is 2.37. The molecule has 2 aromatic rings. The largest absolute Gasteiger partial charge is 0.381 e. The number of carbonyl (C=O) groups excluding carboxylic acids is 1. The van der Waals surface area contributed by atoms with Gasteiger partial charge in [-0.15, -0.1) is 0 Å². The van der Waals surface area contributed by atoms with E-state index in [0.29, 0.717) is 17.1 Å². The van der Waals surface area contributed by atoms with Crippen LogP contribution >= 0.6 is 27.5 Å². The molecular weight excluding hydrogens is 340 g/mol. The van der Waals surface area contributed by atoms with Crippen molar-refractivity contribution in [3.8, 4) is 0 Å². The van der Waals surface area contributed by atoms with Crippen molar-refractivity contribution in [2.75, 3.05) is 5.32 Å². The lowest BCUT2D eigenvalue weighted by Gasteiger charge is -2.10. The highest BCUT2D eigenvalue weighted by Gasteiger charge is 2.07. The Balaban J connectivity index is 2.11. The molecule has 104 valence electrons. The lowest BCUT2D eigenvalue weighted by molar-refractivity contribution is 0.100. The molecule has 3 nitrogen and oxygen atoms in total. The number of rotatable bonds is 4. The van der Waals surface area contributed by atoms with E-state index in [1.165, 1.54) is 5.56 Å². The van der Waals surface area contributed by atoms with E-state index in [2.05, 4.69) is 39.4 Å². The predicted octanol–water partition coefficient (Wildman–Crippen LogP) is 4.12. The molecule has 0 aliphatic rings. The summed E-state index contributed by atoms with van der Waals surface area (Å²) in [5, 5.41) is 3.61. The van der Waals surface area contributed by atoms with Crippen molar-refractivity contribution in [3.63, 3.8) is 0 Å². The zero-order valence-corrected chi connectivity index (χ0v) is 13.3. The second-order valence-electron chi connectivity index (χ2n) is 4.51. The highest BCUT2D eigenvalue weighted by atomic mass is 79.9. The minimum absolute atomic E-state index is 0.328. The standard InChI is InChI=1S/C15H14BrClN2O/c1-9-2-3-10(13(16)6-9)8-19-11-4-5-12(15(18)20)14(17)7-11/h2-7,19H,8H2,1H3,(H2,18,20). The Hall–Kier alpha value is -1.52. The van der Waals surface area contributed by atoms with Crippen molar-refractivity contribution in [3.05, 3.63) is 62.6 Å². The Morgan fingerprint density at radius 1 is 1.30 bits per heavy atom. The molecule has 0 bridgehead atoms. The quantitative estimate of drug-likeness (QED) is 0.868. The fourth-order valence-corrected chi connectivity index (χ4v) is 2.72. The monoisotopic (exact) mass is 352 g/mol. The fraction of sp³-hybridized carbons (Fsp3) is 0.133. The van der Waals surface area contributed by atoms with Gasteiger partial charge in [0.25, 0.3) is 0 Å². The second kappa shape index (κ2) is 6.29. The first-order valence-corrected chi connectivity index (χ1v) is 7.22. The number of hydrogen-bond acceptors (Lipinski definition) is 2. The topological polar surface area (TPSA) is 55.1 Å². The summed E-state index contributed by atoms with van der Waals surface area (Å²) >= 11 is 9.55. The molecule has 1 amide bonds. The van der Waals surface area contributed by atoms with Gasteiger partial charge in [0.1, 0.15) is 0 Å². The van der Waals surface area contributed by atoms with Gasteiger partial charge in [0.2, 0.25) is 5.91 Å². The number of hydrogen-bond donors (Lipinski definition) is 2. The van der Waals surface area contributed by atoms with Crippen LogP contribution in [0.4, 0.5) is 5.69 Å². The fourth-order valence-electron chi connectivity index (χ4n) is 1.82. The van der Waals surface area contributed by atoms with Crippen molar-refractivity contribution in [1.82, 2.24) is 0 Å². The third-order valence-corrected chi connectivity index (χ3v) is 3.98. The molecule has 0 unspecified atom stereocenters. The molecule has 2 rings (SSSR count). The Bertz CT molecular complexity index is 658. The number of halogens is 2. The van der Waals surface area contributed by atoms with Crippen LogP contribution in [0.25, 0.3) is 0 Å². The third kappa shape index (κ3) is 3.52. The third-order valence-electron chi connectivity index (χ3n) is 2.93. The summed E-state index contributed by atoms with van der Waals surface area (Å²) in [6.45, 7) is 2.71. The van der Waals surface area contributed by atoms with Crippen molar-refractivity contribution in [2.24, 2.45) is 5.73 Å². The summed E-state index contributed by atoms with van der Waals surface area (Å²) in [6, 6.07) is 11.3. The molecule has 0 aromatic heterocycles. The van der Waals surface area contributed by atoms with Crippen LogP contribution in [0.5, 0.6) is 0 Å². The highest BCUT2D eigenvalue weighted by molar-refractivity contribution is 9.10. The zero-order valence-electron chi connectivity index (χ0n) is 10.9. The van der Waals surface area contributed by atoms with E-state index in [1.54, 1.807) is 18.2 Å². The number of aryl methyl sites for hydroxylation is 1. The second-order valence-corrected chi connectivity index (χ2v) is 5.77. The zero-order chi connectivity index (χ0) is 14.7. The molecule has 0 heterocycles. The van der Waals surface area contributed by atoms with Gasteiger partial charge in [-0.1, -0.05) is 39.7 Å². The first-order valence-electron chi connectivity index (χ1n) is 6.05. The summed E-state index contributed by atoms with van der Waals surface area (Å²) in [5.41, 5.74) is 8.73. The van der Waals surface area contributed by atoms with Gasteiger partial charge >= 0.3 is 0 Å². The SMILES string of the molecule is Cc1ccc(CNc2ccc(C(N)=O)c(Cl)c2)c(Br)c1. The Labute approximate surface area is 131 Å². The Morgan fingerprint density at radius 2 is 2.05 bits per heavy atom. The van der Waals surface area contributed by atoms with Gasteiger partial charge in [0.15, 0.2) is 0 Å². The number of benzene rings is 2. The summed E-state index contributed by atoms with van der Waals surface area (Å²) < 4.78 is 1.06. The minimum atomic E-state index is -0.525. The van der Waals surface area contributed by atoms with Crippen LogP contribution in [0, 0.1) is 6.92 Å². The first kappa shape index (κ1) is 14.9. The molecule has 0 aliphatic carbocycles. The van der Waals surface area contributed by atoms with E-state index in [4.69, 9.17) is 17.3 Å². The number of nitrogens with two attached hydrogens (primary N) is 1. The summed E-state index contributed by atoms with van der Waals surface area (Å²) in [5.74, 6) is -0.525. The van der Waals surface area contributed by atoms with Crippen LogP contribution in [0.1, 0.15) is 21.5 Å². The van der Waals surface area contributed by atoms with Crippen molar-refractivity contribution >= 4 is 39.1 Å². The molecule has 0 atom stereocenters. The Morgan fingerprint density at radius 3 is 2.65 bits per heavy atom. The van der Waals surface area contributed by atoms with Crippen LogP contribution in [0.15, 0.2) is 40.9 Å². The molecular formula is C15H14BrClN2O. The van der Waals surface area contributed by atoms with Crippen molar-refractivity contribution in [1.29, 1.82) is 0 Å². The number of anilines is 1. The van der Waals surface area contributed by atoms with E-state index in [9.17, 15) is 4.79 Å². The Kier molecular flexibility index (Phi) is 4.68. The maximum Gasteiger partial charge on any atom is 0.250 e. The van der Waals surface area contributed by atoms with Crippen LogP contribution in [0.3, 0.4) is 0 Å². The van der Waals surface area contributed by atoms with Crippen LogP contribution < -0.4 is 11.1 Å². The summed E-state index contributed by atoms with van der Waals surface area (Å²) in [4.78, 5) is 11.1. The number of primary amides is 1. The number of carbonyl (C=O) groups is 1.